The Morgan fingerprint density at radius 3 is 2.48 bits per heavy atom. The first-order valence-electron chi connectivity index (χ1n) is 8.38. The lowest BCUT2D eigenvalue weighted by Crippen LogP contribution is -2.26. The smallest absolute Gasteiger partial charge is 0.310 e. The van der Waals surface area contributed by atoms with E-state index in [4.69, 9.17) is 4.74 Å². The van der Waals surface area contributed by atoms with Crippen LogP contribution in [0.25, 0.3) is 0 Å². The molecule has 0 aliphatic heterocycles. The second kappa shape index (κ2) is 4.93. The Labute approximate surface area is 138 Å². The van der Waals surface area contributed by atoms with Crippen LogP contribution in [-0.2, 0) is 14.3 Å². The topological polar surface area (TPSA) is 43.4 Å². The number of hydrogen-bond acceptors (Lipinski definition) is 3. The molecular formula is C20H26O3. The fraction of sp³-hybridized carbons (Fsp3) is 0.600. The summed E-state index contributed by atoms with van der Waals surface area (Å²) in [4.78, 5) is 24.6. The number of esters is 1. The van der Waals surface area contributed by atoms with Crippen LogP contribution >= 0.6 is 0 Å². The third-order valence-electron chi connectivity index (χ3n) is 6.49. The van der Waals surface area contributed by atoms with Gasteiger partial charge in [-0.15, -0.1) is 6.58 Å². The molecule has 3 aliphatic carbocycles. The standard InChI is InChI=1S/C20H26O3/c1-7-8-13-12(4)15(10-14(13)21)23-18(22)17-19(5)16(9-11(2)3)20(17,19)6/h7,9,15-17H,1,8,10H2,2-6H3. The number of rotatable bonds is 5. The summed E-state index contributed by atoms with van der Waals surface area (Å²) in [7, 11) is 0. The maximum atomic E-state index is 12.6. The van der Waals surface area contributed by atoms with Gasteiger partial charge in [0.1, 0.15) is 6.10 Å². The Morgan fingerprint density at radius 2 is 1.96 bits per heavy atom. The predicted octanol–water partition coefficient (Wildman–Crippen LogP) is 4.00. The van der Waals surface area contributed by atoms with Gasteiger partial charge in [0.2, 0.25) is 0 Å². The quantitative estimate of drug-likeness (QED) is 0.569. The highest BCUT2D eigenvalue weighted by molar-refractivity contribution is 6.00. The van der Waals surface area contributed by atoms with Crippen molar-refractivity contribution in [1.29, 1.82) is 0 Å². The van der Waals surface area contributed by atoms with Gasteiger partial charge in [-0.1, -0.05) is 31.6 Å². The van der Waals surface area contributed by atoms with E-state index in [-0.39, 0.29) is 41.0 Å². The minimum absolute atomic E-state index is 0.0260. The zero-order valence-electron chi connectivity index (χ0n) is 14.7. The number of allylic oxidation sites excluding steroid dienone is 4. The molecule has 0 spiro atoms. The molecule has 3 rings (SSSR count). The van der Waals surface area contributed by atoms with Crippen molar-refractivity contribution in [3.63, 3.8) is 0 Å². The van der Waals surface area contributed by atoms with Crippen LogP contribution in [0.3, 0.4) is 0 Å². The van der Waals surface area contributed by atoms with Crippen molar-refractivity contribution in [2.45, 2.75) is 53.6 Å². The molecule has 0 aromatic rings. The van der Waals surface area contributed by atoms with Crippen LogP contribution in [0.4, 0.5) is 0 Å². The lowest BCUT2D eigenvalue weighted by molar-refractivity contribution is -0.152. The first-order chi connectivity index (χ1) is 10.7. The summed E-state index contributed by atoms with van der Waals surface area (Å²) in [6.45, 7) is 14.1. The van der Waals surface area contributed by atoms with E-state index < -0.39 is 0 Å². The van der Waals surface area contributed by atoms with Gasteiger partial charge in [-0.2, -0.15) is 0 Å². The van der Waals surface area contributed by atoms with Gasteiger partial charge in [0.15, 0.2) is 5.78 Å². The molecule has 3 atom stereocenters. The molecule has 3 unspecified atom stereocenters. The van der Waals surface area contributed by atoms with Crippen molar-refractivity contribution in [3.05, 3.63) is 35.5 Å². The van der Waals surface area contributed by atoms with Gasteiger partial charge in [-0.3, -0.25) is 9.59 Å². The summed E-state index contributed by atoms with van der Waals surface area (Å²) in [5.74, 6) is 0.407. The van der Waals surface area contributed by atoms with Gasteiger partial charge in [0.05, 0.1) is 12.3 Å². The molecule has 0 amide bonds. The Morgan fingerprint density at radius 1 is 1.35 bits per heavy atom. The SMILES string of the molecule is C=CCC1=C(C)C(OC(=O)C2C3(C)C(C=C(C)C)C23C)CC1=O. The fourth-order valence-electron chi connectivity index (χ4n) is 4.80. The van der Waals surface area contributed by atoms with Gasteiger partial charge in [0.25, 0.3) is 0 Å². The number of hydrogen-bond donors (Lipinski definition) is 0. The summed E-state index contributed by atoms with van der Waals surface area (Å²) in [6.07, 6.45) is 4.47. The second-order valence-electron chi connectivity index (χ2n) is 7.93. The van der Waals surface area contributed by atoms with Gasteiger partial charge in [0, 0.05) is 5.57 Å². The number of Topliss-reactive ketones (excluding diaryl/α,β-unsaturated/α-hetero) is 1. The molecule has 0 heterocycles. The lowest BCUT2D eigenvalue weighted by Gasteiger charge is -2.20. The average Bonchev–Trinajstić information content (AvgIpc) is 3.10. The molecule has 0 aromatic heterocycles. The van der Waals surface area contributed by atoms with E-state index in [1.807, 2.05) is 6.92 Å². The van der Waals surface area contributed by atoms with Crippen molar-refractivity contribution in [3.8, 4) is 0 Å². The van der Waals surface area contributed by atoms with Crippen LogP contribution in [-0.4, -0.2) is 17.9 Å². The van der Waals surface area contributed by atoms with Crippen LogP contribution in [0.5, 0.6) is 0 Å². The maximum absolute atomic E-state index is 12.6. The number of carbonyl (C=O) groups excluding carboxylic acids is 2. The van der Waals surface area contributed by atoms with E-state index in [9.17, 15) is 9.59 Å². The monoisotopic (exact) mass is 314 g/mol. The molecule has 0 bridgehead atoms. The highest BCUT2D eigenvalue weighted by Gasteiger charge is 2.94. The third kappa shape index (κ3) is 2.02. The average molecular weight is 314 g/mol. The first kappa shape index (κ1) is 16.2. The molecule has 0 saturated heterocycles. The zero-order valence-corrected chi connectivity index (χ0v) is 14.7. The van der Waals surface area contributed by atoms with Crippen molar-refractivity contribution < 1.29 is 14.3 Å². The summed E-state index contributed by atoms with van der Waals surface area (Å²) < 4.78 is 5.71. The van der Waals surface area contributed by atoms with E-state index in [0.717, 1.165) is 11.1 Å². The summed E-state index contributed by atoms with van der Waals surface area (Å²) in [5, 5.41) is 0. The molecule has 0 radical (unpaired) electrons. The largest absolute Gasteiger partial charge is 0.457 e. The highest BCUT2D eigenvalue weighted by Crippen LogP contribution is 2.93. The van der Waals surface area contributed by atoms with Crippen molar-refractivity contribution in [1.82, 2.24) is 0 Å². The Bertz CT molecular complexity index is 648. The highest BCUT2D eigenvalue weighted by atomic mass is 16.5. The molecule has 23 heavy (non-hydrogen) atoms. The summed E-state index contributed by atoms with van der Waals surface area (Å²) in [5.41, 5.74) is 3.05. The van der Waals surface area contributed by atoms with E-state index in [2.05, 4.69) is 40.3 Å². The maximum Gasteiger partial charge on any atom is 0.310 e. The molecule has 0 aromatic carbocycles. The molecule has 3 aliphatic rings. The van der Waals surface area contributed by atoms with Crippen LogP contribution in [0, 0.1) is 22.7 Å². The third-order valence-corrected chi connectivity index (χ3v) is 6.49. The number of fused-ring (bicyclic) bond motifs is 1. The van der Waals surface area contributed by atoms with E-state index >= 15 is 0 Å². The number of ether oxygens (including phenoxy) is 1. The molecule has 2 saturated carbocycles. The van der Waals surface area contributed by atoms with Crippen molar-refractivity contribution in [2.75, 3.05) is 0 Å². The molecule has 0 N–H and O–H groups in total. The predicted molar refractivity (Wildman–Crippen MR) is 89.6 cm³/mol. The molecule has 3 nitrogen and oxygen atoms in total. The lowest BCUT2D eigenvalue weighted by atomic mass is 9.91. The normalized spacial score (nSPS) is 40.6. The molecular weight excluding hydrogens is 288 g/mol. The number of carbonyl (C=O) groups is 2. The van der Waals surface area contributed by atoms with Crippen molar-refractivity contribution in [2.24, 2.45) is 22.7 Å². The van der Waals surface area contributed by atoms with E-state index in [1.54, 1.807) is 6.08 Å². The van der Waals surface area contributed by atoms with Crippen LogP contribution in [0.2, 0.25) is 0 Å². The van der Waals surface area contributed by atoms with Crippen LogP contribution in [0.1, 0.15) is 47.5 Å². The minimum atomic E-state index is -0.376. The van der Waals surface area contributed by atoms with Crippen molar-refractivity contribution >= 4 is 11.8 Å². The Hall–Kier alpha value is -1.64. The van der Waals surface area contributed by atoms with Crippen LogP contribution in [0.15, 0.2) is 35.5 Å². The fourth-order valence-corrected chi connectivity index (χ4v) is 4.80. The van der Waals surface area contributed by atoms with Gasteiger partial charge < -0.3 is 4.74 Å². The Balaban J connectivity index is 1.66. The van der Waals surface area contributed by atoms with Gasteiger partial charge in [-0.25, -0.2) is 0 Å². The second-order valence-corrected chi connectivity index (χ2v) is 7.93. The Kier molecular flexibility index (Phi) is 3.48. The van der Waals surface area contributed by atoms with Crippen LogP contribution < -0.4 is 0 Å². The molecule has 3 heteroatoms. The summed E-state index contributed by atoms with van der Waals surface area (Å²) in [6, 6.07) is 0. The van der Waals surface area contributed by atoms with Gasteiger partial charge in [-0.05, 0) is 49.5 Å². The molecule has 124 valence electrons. The van der Waals surface area contributed by atoms with E-state index in [1.165, 1.54) is 5.57 Å². The summed E-state index contributed by atoms with van der Waals surface area (Å²) >= 11 is 0. The van der Waals surface area contributed by atoms with Gasteiger partial charge >= 0.3 is 5.97 Å². The zero-order chi connectivity index (χ0) is 17.2. The molecule has 2 fully saturated rings. The first-order valence-corrected chi connectivity index (χ1v) is 8.38. The minimum Gasteiger partial charge on any atom is -0.457 e. The number of ketones is 1. The van der Waals surface area contributed by atoms with E-state index in [0.29, 0.717) is 12.3 Å².